The van der Waals surface area contributed by atoms with Gasteiger partial charge in [-0.25, -0.2) is 0 Å². The fourth-order valence-corrected chi connectivity index (χ4v) is 1.88. The Labute approximate surface area is 99.7 Å². The molecule has 1 aliphatic heterocycles. The number of carbonyl (C=O) groups is 1. The van der Waals surface area contributed by atoms with E-state index in [0.717, 1.165) is 11.1 Å². The number of ether oxygens (including phenoxy) is 1. The zero-order valence-electron chi connectivity index (χ0n) is 9.56. The zero-order valence-corrected chi connectivity index (χ0v) is 10.3. The van der Waals surface area contributed by atoms with Gasteiger partial charge in [0.05, 0.1) is 18.2 Å². The van der Waals surface area contributed by atoms with E-state index in [9.17, 15) is 4.79 Å². The summed E-state index contributed by atoms with van der Waals surface area (Å²) in [6.45, 7) is 6.05. The molecule has 0 bridgehead atoms. The molecule has 0 aromatic heterocycles. The largest absolute Gasteiger partial charge is 0.491 e. The number of carbonyl (C=O) groups excluding carboxylic acids is 1. The molecule has 0 saturated carbocycles. The van der Waals surface area contributed by atoms with E-state index >= 15 is 0 Å². The first kappa shape index (κ1) is 11.3. The van der Waals surface area contributed by atoms with Gasteiger partial charge in [0, 0.05) is 5.02 Å². The van der Waals surface area contributed by atoms with E-state index < -0.39 is 0 Å². The SMILES string of the molecule is Cc1cc2c(c(C)c1Cl)NC(=O)C(C)CO2. The van der Waals surface area contributed by atoms with Gasteiger partial charge in [-0.2, -0.15) is 0 Å². The number of halogens is 1. The first-order valence-corrected chi connectivity index (χ1v) is 5.62. The number of aryl methyl sites for hydroxylation is 1. The van der Waals surface area contributed by atoms with E-state index in [1.807, 2.05) is 26.8 Å². The minimum absolute atomic E-state index is 0.0261. The van der Waals surface area contributed by atoms with Crippen molar-refractivity contribution < 1.29 is 9.53 Å². The first-order valence-electron chi connectivity index (χ1n) is 5.24. The molecule has 0 aliphatic carbocycles. The summed E-state index contributed by atoms with van der Waals surface area (Å²) in [6, 6.07) is 1.86. The number of rotatable bonds is 0. The molecule has 1 unspecified atom stereocenters. The van der Waals surface area contributed by atoms with Gasteiger partial charge in [-0.05, 0) is 31.0 Å². The molecule has 3 nitrogen and oxygen atoms in total. The first-order chi connectivity index (χ1) is 7.50. The average molecular weight is 240 g/mol. The lowest BCUT2D eigenvalue weighted by molar-refractivity contribution is -0.119. The third kappa shape index (κ3) is 1.76. The summed E-state index contributed by atoms with van der Waals surface area (Å²) >= 11 is 6.15. The van der Waals surface area contributed by atoms with Crippen LogP contribution in [0.1, 0.15) is 18.1 Å². The van der Waals surface area contributed by atoms with E-state index in [4.69, 9.17) is 16.3 Å². The normalized spacial score (nSPS) is 19.5. The highest BCUT2D eigenvalue weighted by atomic mass is 35.5. The van der Waals surface area contributed by atoms with Gasteiger partial charge in [-0.15, -0.1) is 0 Å². The summed E-state index contributed by atoms with van der Waals surface area (Å²) in [6.07, 6.45) is 0. The molecule has 1 atom stereocenters. The summed E-state index contributed by atoms with van der Waals surface area (Å²) < 4.78 is 5.61. The third-order valence-corrected chi connectivity index (χ3v) is 3.41. The highest BCUT2D eigenvalue weighted by molar-refractivity contribution is 6.32. The van der Waals surface area contributed by atoms with E-state index in [1.165, 1.54) is 0 Å². The van der Waals surface area contributed by atoms with E-state index in [0.29, 0.717) is 23.1 Å². The lowest BCUT2D eigenvalue weighted by Crippen LogP contribution is -2.22. The van der Waals surface area contributed by atoms with Crippen LogP contribution in [0.4, 0.5) is 5.69 Å². The molecule has 86 valence electrons. The van der Waals surface area contributed by atoms with Crippen molar-refractivity contribution in [2.75, 3.05) is 11.9 Å². The summed E-state index contributed by atoms with van der Waals surface area (Å²) in [4.78, 5) is 11.7. The zero-order chi connectivity index (χ0) is 11.9. The predicted octanol–water partition coefficient (Wildman–Crippen LogP) is 2.92. The average Bonchev–Trinajstić information content (AvgIpc) is 2.39. The van der Waals surface area contributed by atoms with Crippen molar-refractivity contribution in [3.63, 3.8) is 0 Å². The second-order valence-electron chi connectivity index (χ2n) is 4.21. The van der Waals surface area contributed by atoms with Crippen molar-refractivity contribution in [2.45, 2.75) is 20.8 Å². The van der Waals surface area contributed by atoms with Crippen LogP contribution >= 0.6 is 11.6 Å². The van der Waals surface area contributed by atoms with Gasteiger partial charge in [0.1, 0.15) is 5.75 Å². The van der Waals surface area contributed by atoms with Crippen molar-refractivity contribution in [1.82, 2.24) is 0 Å². The number of hydrogen-bond acceptors (Lipinski definition) is 2. The maximum absolute atomic E-state index is 11.7. The number of nitrogens with one attached hydrogen (secondary N) is 1. The topological polar surface area (TPSA) is 38.3 Å². The lowest BCUT2D eigenvalue weighted by atomic mass is 10.1. The highest BCUT2D eigenvalue weighted by Gasteiger charge is 2.23. The van der Waals surface area contributed by atoms with Crippen molar-refractivity contribution >= 4 is 23.2 Å². The minimum Gasteiger partial charge on any atom is -0.491 e. The van der Waals surface area contributed by atoms with Gasteiger partial charge in [0.25, 0.3) is 0 Å². The van der Waals surface area contributed by atoms with Crippen molar-refractivity contribution in [1.29, 1.82) is 0 Å². The quantitative estimate of drug-likeness (QED) is 0.756. The van der Waals surface area contributed by atoms with Crippen LogP contribution in [-0.4, -0.2) is 12.5 Å². The summed E-state index contributed by atoms with van der Waals surface area (Å²) in [7, 11) is 0. The number of amides is 1. The molecule has 1 aliphatic rings. The van der Waals surface area contributed by atoms with E-state index in [-0.39, 0.29) is 11.8 Å². The Morgan fingerprint density at radius 1 is 1.50 bits per heavy atom. The van der Waals surface area contributed by atoms with Gasteiger partial charge in [0.2, 0.25) is 5.91 Å². The molecule has 0 saturated heterocycles. The Hall–Kier alpha value is -1.22. The Morgan fingerprint density at radius 3 is 2.88 bits per heavy atom. The number of anilines is 1. The van der Waals surface area contributed by atoms with Crippen LogP contribution in [0, 0.1) is 19.8 Å². The van der Waals surface area contributed by atoms with Crippen LogP contribution in [0.15, 0.2) is 6.07 Å². The Bertz CT molecular complexity index is 457. The molecule has 1 amide bonds. The highest BCUT2D eigenvalue weighted by Crippen LogP contribution is 2.37. The van der Waals surface area contributed by atoms with E-state index in [2.05, 4.69) is 5.32 Å². The Morgan fingerprint density at radius 2 is 2.19 bits per heavy atom. The molecule has 1 aromatic carbocycles. The maximum Gasteiger partial charge on any atom is 0.230 e. The molecular weight excluding hydrogens is 226 g/mol. The van der Waals surface area contributed by atoms with Crippen molar-refractivity contribution in [3.05, 3.63) is 22.2 Å². The van der Waals surface area contributed by atoms with Crippen LogP contribution in [0.2, 0.25) is 5.02 Å². The minimum atomic E-state index is -0.147. The van der Waals surface area contributed by atoms with Crippen molar-refractivity contribution in [3.8, 4) is 5.75 Å². The smallest absolute Gasteiger partial charge is 0.230 e. The molecular formula is C12H14ClNO2. The molecule has 0 fully saturated rings. The Kier molecular flexibility index (Phi) is 2.80. The van der Waals surface area contributed by atoms with Gasteiger partial charge in [0.15, 0.2) is 0 Å². The van der Waals surface area contributed by atoms with Crippen LogP contribution in [0.3, 0.4) is 0 Å². The number of fused-ring (bicyclic) bond motifs is 1. The van der Waals surface area contributed by atoms with Gasteiger partial charge < -0.3 is 10.1 Å². The number of hydrogen-bond donors (Lipinski definition) is 1. The van der Waals surface area contributed by atoms with Crippen LogP contribution < -0.4 is 10.1 Å². The third-order valence-electron chi connectivity index (χ3n) is 2.83. The molecule has 2 rings (SSSR count). The Balaban J connectivity index is 2.54. The van der Waals surface area contributed by atoms with E-state index in [1.54, 1.807) is 0 Å². The molecule has 1 heterocycles. The maximum atomic E-state index is 11.7. The summed E-state index contributed by atoms with van der Waals surface area (Å²) in [5.41, 5.74) is 2.52. The number of benzene rings is 1. The van der Waals surface area contributed by atoms with Crippen LogP contribution in [-0.2, 0) is 4.79 Å². The monoisotopic (exact) mass is 239 g/mol. The summed E-state index contributed by atoms with van der Waals surface area (Å²) in [5.74, 6) is 0.532. The molecule has 16 heavy (non-hydrogen) atoms. The van der Waals surface area contributed by atoms with Crippen LogP contribution in [0.5, 0.6) is 5.75 Å². The molecule has 1 N–H and O–H groups in total. The second kappa shape index (κ2) is 3.98. The van der Waals surface area contributed by atoms with Gasteiger partial charge in [-0.1, -0.05) is 18.5 Å². The molecule has 0 spiro atoms. The predicted molar refractivity (Wildman–Crippen MR) is 64.2 cm³/mol. The second-order valence-corrected chi connectivity index (χ2v) is 4.58. The van der Waals surface area contributed by atoms with Gasteiger partial charge in [-0.3, -0.25) is 4.79 Å². The molecule has 4 heteroatoms. The molecule has 0 radical (unpaired) electrons. The standard InChI is InChI=1S/C12H14ClNO2/c1-6-4-9-11(8(3)10(6)13)14-12(15)7(2)5-16-9/h4,7H,5H2,1-3H3,(H,14,15). The van der Waals surface area contributed by atoms with Gasteiger partial charge >= 0.3 is 0 Å². The fourth-order valence-electron chi connectivity index (χ4n) is 1.73. The van der Waals surface area contributed by atoms with Crippen molar-refractivity contribution in [2.24, 2.45) is 5.92 Å². The lowest BCUT2D eigenvalue weighted by Gasteiger charge is -2.13. The fraction of sp³-hybridized carbons (Fsp3) is 0.417. The van der Waals surface area contributed by atoms with Crippen LogP contribution in [0.25, 0.3) is 0 Å². The summed E-state index contributed by atoms with van der Waals surface area (Å²) in [5, 5.41) is 3.54. The molecule has 1 aromatic rings.